The van der Waals surface area contributed by atoms with Crippen LogP contribution in [0.15, 0.2) is 54.6 Å². The lowest BCUT2D eigenvalue weighted by atomic mass is 10.1. The predicted octanol–water partition coefficient (Wildman–Crippen LogP) is 4.46. The molecular formula is C22H24F2N4O. The number of hydrogen-bond acceptors (Lipinski definition) is 5. The van der Waals surface area contributed by atoms with E-state index in [1.807, 2.05) is 44.2 Å². The van der Waals surface area contributed by atoms with Crippen molar-refractivity contribution in [2.75, 3.05) is 17.2 Å². The van der Waals surface area contributed by atoms with Crippen molar-refractivity contribution in [3.8, 4) is 11.3 Å². The van der Waals surface area contributed by atoms with Gasteiger partial charge in [-0.2, -0.15) is 4.98 Å². The van der Waals surface area contributed by atoms with Crippen LogP contribution in [0.4, 0.5) is 20.5 Å². The van der Waals surface area contributed by atoms with E-state index in [0.717, 1.165) is 17.7 Å². The third-order valence-corrected chi connectivity index (χ3v) is 4.57. The molecule has 3 N–H and O–H groups in total. The average Bonchev–Trinajstić information content (AvgIpc) is 2.73. The van der Waals surface area contributed by atoms with Gasteiger partial charge in [-0.15, -0.1) is 0 Å². The molecule has 0 fully saturated rings. The molecule has 1 atom stereocenters. The molecule has 0 unspecified atom stereocenters. The van der Waals surface area contributed by atoms with Crippen LogP contribution < -0.4 is 10.6 Å². The highest BCUT2D eigenvalue weighted by atomic mass is 19.2. The second-order valence-electron chi connectivity index (χ2n) is 7.11. The highest BCUT2D eigenvalue weighted by Gasteiger charge is 2.15. The van der Waals surface area contributed by atoms with Crippen molar-refractivity contribution in [3.05, 3.63) is 71.8 Å². The number of nitrogens with zero attached hydrogens (tertiary/aromatic N) is 2. The summed E-state index contributed by atoms with van der Waals surface area (Å²) in [4.78, 5) is 9.04. The first kappa shape index (κ1) is 20.7. The molecule has 7 heteroatoms. The lowest BCUT2D eigenvalue weighted by Gasteiger charge is -2.20. The Bertz CT molecular complexity index is 951. The Morgan fingerprint density at radius 1 is 0.966 bits per heavy atom. The summed E-state index contributed by atoms with van der Waals surface area (Å²) < 4.78 is 26.6. The normalized spacial score (nSPS) is 12.1. The van der Waals surface area contributed by atoms with Crippen molar-refractivity contribution >= 4 is 11.8 Å². The second-order valence-corrected chi connectivity index (χ2v) is 7.11. The molecule has 1 aromatic heterocycles. The standard InChI is InChI=1S/C22H24F2N4O/c1-14(2)20(13-29)27-22-26-19(16-6-4-3-5-7-16)11-21(28-22)25-12-15-8-9-17(23)18(24)10-15/h3-11,14,20,29H,12-13H2,1-2H3,(H2,25,26,27,28)/t20-/m1/s1. The van der Waals surface area contributed by atoms with E-state index < -0.39 is 11.6 Å². The summed E-state index contributed by atoms with van der Waals surface area (Å²) in [6, 6.07) is 15.0. The Morgan fingerprint density at radius 2 is 1.72 bits per heavy atom. The number of halogens is 2. The zero-order valence-corrected chi connectivity index (χ0v) is 16.4. The van der Waals surface area contributed by atoms with Crippen molar-refractivity contribution in [1.82, 2.24) is 9.97 Å². The van der Waals surface area contributed by atoms with Crippen molar-refractivity contribution in [3.63, 3.8) is 0 Å². The van der Waals surface area contributed by atoms with Gasteiger partial charge < -0.3 is 15.7 Å². The van der Waals surface area contributed by atoms with Crippen molar-refractivity contribution < 1.29 is 13.9 Å². The predicted molar refractivity (Wildman–Crippen MR) is 110 cm³/mol. The quantitative estimate of drug-likeness (QED) is 0.523. The molecule has 2 aromatic carbocycles. The van der Waals surface area contributed by atoms with Gasteiger partial charge in [0.05, 0.1) is 18.3 Å². The van der Waals surface area contributed by atoms with Gasteiger partial charge in [0.2, 0.25) is 5.95 Å². The molecule has 0 spiro atoms. The van der Waals surface area contributed by atoms with Crippen LogP contribution in [0.3, 0.4) is 0 Å². The minimum Gasteiger partial charge on any atom is -0.394 e. The number of anilines is 2. The molecular weight excluding hydrogens is 374 g/mol. The van der Waals surface area contributed by atoms with E-state index in [4.69, 9.17) is 0 Å². The fourth-order valence-electron chi connectivity index (χ4n) is 2.79. The fourth-order valence-corrected chi connectivity index (χ4v) is 2.79. The molecule has 5 nitrogen and oxygen atoms in total. The van der Waals surface area contributed by atoms with E-state index in [1.165, 1.54) is 6.07 Å². The highest BCUT2D eigenvalue weighted by Crippen LogP contribution is 2.23. The van der Waals surface area contributed by atoms with Crippen LogP contribution in [0.1, 0.15) is 19.4 Å². The number of aliphatic hydroxyl groups excluding tert-OH is 1. The summed E-state index contributed by atoms with van der Waals surface area (Å²) in [5.74, 6) is -0.666. The van der Waals surface area contributed by atoms with E-state index in [0.29, 0.717) is 23.0 Å². The Balaban J connectivity index is 1.88. The fraction of sp³-hybridized carbons (Fsp3) is 0.273. The highest BCUT2D eigenvalue weighted by molar-refractivity contribution is 5.64. The molecule has 3 aromatic rings. The molecule has 3 rings (SSSR count). The summed E-state index contributed by atoms with van der Waals surface area (Å²) in [6.07, 6.45) is 0. The van der Waals surface area contributed by atoms with E-state index in [2.05, 4.69) is 20.6 Å². The van der Waals surface area contributed by atoms with Gasteiger partial charge in [0.25, 0.3) is 0 Å². The largest absolute Gasteiger partial charge is 0.394 e. The van der Waals surface area contributed by atoms with E-state index in [9.17, 15) is 13.9 Å². The molecule has 0 radical (unpaired) electrons. The van der Waals surface area contributed by atoms with Gasteiger partial charge in [0.1, 0.15) is 5.82 Å². The van der Waals surface area contributed by atoms with Crippen LogP contribution in [0.2, 0.25) is 0 Å². The van der Waals surface area contributed by atoms with E-state index >= 15 is 0 Å². The molecule has 0 aliphatic heterocycles. The summed E-state index contributed by atoms with van der Waals surface area (Å²) >= 11 is 0. The summed E-state index contributed by atoms with van der Waals surface area (Å²) in [5.41, 5.74) is 2.21. The van der Waals surface area contributed by atoms with Crippen LogP contribution in [0.5, 0.6) is 0 Å². The summed E-state index contributed by atoms with van der Waals surface area (Å²) in [5, 5.41) is 15.9. The molecule has 0 saturated carbocycles. The number of aliphatic hydroxyl groups is 1. The zero-order chi connectivity index (χ0) is 20.8. The van der Waals surface area contributed by atoms with Crippen LogP contribution >= 0.6 is 0 Å². The number of aromatic nitrogens is 2. The smallest absolute Gasteiger partial charge is 0.225 e. The minimum atomic E-state index is -0.887. The maximum absolute atomic E-state index is 13.5. The van der Waals surface area contributed by atoms with Gasteiger partial charge >= 0.3 is 0 Å². The zero-order valence-electron chi connectivity index (χ0n) is 16.4. The van der Waals surface area contributed by atoms with Crippen molar-refractivity contribution in [2.24, 2.45) is 5.92 Å². The molecule has 29 heavy (non-hydrogen) atoms. The lowest BCUT2D eigenvalue weighted by molar-refractivity contribution is 0.248. The first-order valence-electron chi connectivity index (χ1n) is 9.46. The Morgan fingerprint density at radius 3 is 2.38 bits per heavy atom. The molecule has 0 aliphatic carbocycles. The van der Waals surface area contributed by atoms with Crippen molar-refractivity contribution in [1.29, 1.82) is 0 Å². The average molecular weight is 398 g/mol. The van der Waals surface area contributed by atoms with Gasteiger partial charge in [0.15, 0.2) is 11.6 Å². The number of nitrogens with one attached hydrogen (secondary N) is 2. The topological polar surface area (TPSA) is 70.1 Å². The second kappa shape index (κ2) is 9.43. The number of hydrogen-bond donors (Lipinski definition) is 3. The summed E-state index contributed by atoms with van der Waals surface area (Å²) in [7, 11) is 0. The number of rotatable bonds is 8. The molecule has 0 amide bonds. The third-order valence-electron chi connectivity index (χ3n) is 4.57. The lowest BCUT2D eigenvalue weighted by Crippen LogP contribution is -2.30. The maximum atomic E-state index is 13.5. The summed E-state index contributed by atoms with van der Waals surface area (Å²) in [6.45, 7) is 4.22. The minimum absolute atomic E-state index is 0.0474. The third kappa shape index (κ3) is 5.48. The monoisotopic (exact) mass is 398 g/mol. The van der Waals surface area contributed by atoms with Gasteiger partial charge in [-0.3, -0.25) is 0 Å². The molecule has 0 aliphatic rings. The van der Waals surface area contributed by atoms with Gasteiger partial charge in [-0.05, 0) is 23.6 Å². The van der Waals surface area contributed by atoms with Crippen LogP contribution in [0, 0.1) is 17.6 Å². The molecule has 152 valence electrons. The van der Waals surface area contributed by atoms with E-state index in [-0.39, 0.29) is 25.1 Å². The maximum Gasteiger partial charge on any atom is 0.225 e. The Hall–Kier alpha value is -3.06. The molecule has 0 bridgehead atoms. The van der Waals surface area contributed by atoms with Crippen molar-refractivity contribution in [2.45, 2.75) is 26.4 Å². The SMILES string of the molecule is CC(C)[C@@H](CO)Nc1nc(NCc2ccc(F)c(F)c2)cc(-c2ccccc2)n1. The molecule has 1 heterocycles. The number of benzene rings is 2. The van der Waals surface area contributed by atoms with Crippen LogP contribution in [-0.2, 0) is 6.54 Å². The van der Waals surface area contributed by atoms with Crippen LogP contribution in [0.25, 0.3) is 11.3 Å². The van der Waals surface area contributed by atoms with Gasteiger partial charge in [0, 0.05) is 18.2 Å². The Kier molecular flexibility index (Phi) is 6.72. The first-order valence-corrected chi connectivity index (χ1v) is 9.46. The van der Waals surface area contributed by atoms with Gasteiger partial charge in [-0.25, -0.2) is 13.8 Å². The molecule has 0 saturated heterocycles. The van der Waals surface area contributed by atoms with E-state index in [1.54, 1.807) is 6.07 Å². The van der Waals surface area contributed by atoms with Crippen LogP contribution in [-0.4, -0.2) is 27.7 Å². The first-order chi connectivity index (χ1) is 14.0. The van der Waals surface area contributed by atoms with Gasteiger partial charge in [-0.1, -0.05) is 50.2 Å². The Labute approximate surface area is 168 Å².